The van der Waals surface area contributed by atoms with E-state index in [4.69, 9.17) is 4.74 Å². The molecule has 9 nitrogen and oxygen atoms in total. The minimum Gasteiger partial charge on any atom is -0.373 e. The lowest BCUT2D eigenvalue weighted by atomic mass is 10.2. The van der Waals surface area contributed by atoms with Gasteiger partial charge in [-0.15, -0.1) is 11.3 Å². The molecule has 2 amide bonds. The van der Waals surface area contributed by atoms with Gasteiger partial charge in [0.15, 0.2) is 0 Å². The number of carbonyl (C=O) groups is 2. The lowest BCUT2D eigenvalue weighted by Crippen LogP contribution is -2.48. The monoisotopic (exact) mass is 474 g/mol. The molecule has 1 aliphatic rings. The lowest BCUT2D eigenvalue weighted by molar-refractivity contribution is -0.0440. The van der Waals surface area contributed by atoms with Gasteiger partial charge < -0.3 is 4.74 Å². The van der Waals surface area contributed by atoms with Crippen LogP contribution in [0, 0.1) is 0 Å². The molecule has 2 N–H and O–H groups in total. The van der Waals surface area contributed by atoms with Gasteiger partial charge in [-0.2, -0.15) is 4.31 Å². The molecule has 0 radical (unpaired) electrons. The predicted octanol–water partition coefficient (Wildman–Crippen LogP) is 2.17. The number of hydrogen-bond donors (Lipinski definition) is 2. The molecule has 0 spiro atoms. The van der Waals surface area contributed by atoms with Crippen LogP contribution in [0.4, 0.5) is 0 Å². The Kier molecular flexibility index (Phi) is 6.24. The highest BCUT2D eigenvalue weighted by Gasteiger charge is 2.32. The van der Waals surface area contributed by atoms with Crippen LogP contribution in [0.1, 0.15) is 34.6 Å². The summed E-state index contributed by atoms with van der Waals surface area (Å²) in [6.07, 6.45) is -0.391. The standard InChI is InChI=1S/C21H22N4O5S2/c1-13-10-25(11-14(2)30-13)32(28,29)17-6-3-15(4-7-17)20(26)23-24-21(27)16-5-8-18-19(9-16)31-12-22-18/h3-9,12-14H,10-11H2,1-2H3,(H,23,26)(H,24,27)/t13-,14+. The van der Waals surface area contributed by atoms with E-state index in [1.165, 1.54) is 39.9 Å². The summed E-state index contributed by atoms with van der Waals surface area (Å²) in [6.45, 7) is 4.20. The third-order valence-corrected chi connectivity index (χ3v) is 7.66. The Hall–Kier alpha value is -2.86. The Morgan fingerprint density at radius 1 is 1.00 bits per heavy atom. The number of nitrogens with one attached hydrogen (secondary N) is 2. The Balaban J connectivity index is 1.40. The van der Waals surface area contributed by atoms with E-state index in [1.807, 2.05) is 13.8 Å². The van der Waals surface area contributed by atoms with Gasteiger partial charge in [-0.1, -0.05) is 0 Å². The normalized spacial score (nSPS) is 19.6. The summed E-state index contributed by atoms with van der Waals surface area (Å²) < 4.78 is 33.7. The van der Waals surface area contributed by atoms with Crippen molar-refractivity contribution in [3.05, 3.63) is 59.1 Å². The number of carbonyl (C=O) groups excluding carboxylic acids is 2. The van der Waals surface area contributed by atoms with E-state index in [0.29, 0.717) is 5.56 Å². The molecule has 0 aliphatic carbocycles. The third-order valence-electron chi connectivity index (χ3n) is 5.02. The summed E-state index contributed by atoms with van der Waals surface area (Å²) in [4.78, 5) is 29.0. The van der Waals surface area contributed by atoms with Crippen LogP contribution in [-0.2, 0) is 14.8 Å². The largest absolute Gasteiger partial charge is 0.373 e. The molecule has 11 heteroatoms. The zero-order chi connectivity index (χ0) is 22.9. The number of ether oxygens (including phenoxy) is 1. The van der Waals surface area contributed by atoms with E-state index < -0.39 is 21.8 Å². The van der Waals surface area contributed by atoms with Gasteiger partial charge >= 0.3 is 0 Å². The van der Waals surface area contributed by atoms with Crippen LogP contribution in [0.25, 0.3) is 10.2 Å². The van der Waals surface area contributed by atoms with Gasteiger partial charge in [-0.25, -0.2) is 13.4 Å². The summed E-state index contributed by atoms with van der Waals surface area (Å²) in [6, 6.07) is 10.6. The van der Waals surface area contributed by atoms with Crippen molar-refractivity contribution < 1.29 is 22.7 Å². The highest BCUT2D eigenvalue weighted by molar-refractivity contribution is 7.89. The zero-order valence-electron chi connectivity index (χ0n) is 17.4. The second-order valence-electron chi connectivity index (χ2n) is 7.55. The summed E-state index contributed by atoms with van der Waals surface area (Å²) in [5.41, 5.74) is 7.80. The van der Waals surface area contributed by atoms with Gasteiger partial charge in [0.25, 0.3) is 11.8 Å². The van der Waals surface area contributed by atoms with E-state index >= 15 is 0 Å². The number of hydrogen-bond acceptors (Lipinski definition) is 7. The minimum absolute atomic E-state index is 0.0947. The van der Waals surface area contributed by atoms with Gasteiger partial charge in [0.05, 0.1) is 32.8 Å². The molecular formula is C21H22N4O5S2. The average molecular weight is 475 g/mol. The maximum Gasteiger partial charge on any atom is 0.269 e. The van der Waals surface area contributed by atoms with Gasteiger partial charge in [-0.05, 0) is 56.3 Å². The lowest BCUT2D eigenvalue weighted by Gasteiger charge is -2.34. The molecule has 3 aromatic rings. The molecule has 1 aliphatic heterocycles. The number of thiazole rings is 1. The Morgan fingerprint density at radius 2 is 1.59 bits per heavy atom. The maximum absolute atomic E-state index is 12.9. The van der Waals surface area contributed by atoms with Crippen LogP contribution >= 0.6 is 11.3 Å². The molecule has 2 aromatic carbocycles. The van der Waals surface area contributed by atoms with Crippen LogP contribution < -0.4 is 10.9 Å². The fourth-order valence-electron chi connectivity index (χ4n) is 3.51. The Labute approximate surface area is 189 Å². The molecule has 0 saturated carbocycles. The van der Waals surface area contributed by atoms with Gasteiger partial charge in [-0.3, -0.25) is 20.4 Å². The highest BCUT2D eigenvalue weighted by Crippen LogP contribution is 2.22. The summed E-state index contributed by atoms with van der Waals surface area (Å²) in [7, 11) is -3.70. The van der Waals surface area contributed by atoms with Crippen molar-refractivity contribution >= 4 is 43.4 Å². The van der Waals surface area contributed by atoms with Gasteiger partial charge in [0, 0.05) is 24.2 Å². The van der Waals surface area contributed by atoms with Crippen molar-refractivity contribution in [1.29, 1.82) is 0 Å². The first-order valence-electron chi connectivity index (χ1n) is 9.93. The number of sulfonamides is 1. The van der Waals surface area contributed by atoms with E-state index in [0.717, 1.165) is 10.2 Å². The topological polar surface area (TPSA) is 118 Å². The van der Waals surface area contributed by atoms with Crippen molar-refractivity contribution in [1.82, 2.24) is 20.1 Å². The van der Waals surface area contributed by atoms with Crippen LogP contribution in [0.15, 0.2) is 52.9 Å². The first kappa shape index (κ1) is 22.3. The number of hydrazine groups is 1. The molecule has 2 atom stereocenters. The maximum atomic E-state index is 12.9. The van der Waals surface area contributed by atoms with Crippen LogP contribution in [-0.4, -0.2) is 54.8 Å². The smallest absolute Gasteiger partial charge is 0.269 e. The second kappa shape index (κ2) is 8.94. The van der Waals surface area contributed by atoms with Crippen LogP contribution in [0.3, 0.4) is 0 Å². The third kappa shape index (κ3) is 4.65. The number of benzene rings is 2. The van der Waals surface area contributed by atoms with E-state index in [2.05, 4.69) is 15.8 Å². The van der Waals surface area contributed by atoms with Crippen LogP contribution in [0.2, 0.25) is 0 Å². The first-order valence-corrected chi connectivity index (χ1v) is 12.3. The summed E-state index contributed by atoms with van der Waals surface area (Å²) >= 11 is 1.42. The van der Waals surface area contributed by atoms with E-state index in [9.17, 15) is 18.0 Å². The molecule has 1 fully saturated rings. The minimum atomic E-state index is -3.70. The molecule has 1 aromatic heterocycles. The predicted molar refractivity (Wildman–Crippen MR) is 120 cm³/mol. The van der Waals surface area contributed by atoms with Gasteiger partial charge in [0.2, 0.25) is 10.0 Å². The number of rotatable bonds is 4. The number of morpholine rings is 1. The fraction of sp³-hybridized carbons (Fsp3) is 0.286. The number of aromatic nitrogens is 1. The van der Waals surface area contributed by atoms with Crippen LogP contribution in [0.5, 0.6) is 0 Å². The molecule has 1 saturated heterocycles. The van der Waals surface area contributed by atoms with Crippen molar-refractivity contribution in [2.24, 2.45) is 0 Å². The van der Waals surface area contributed by atoms with Crippen molar-refractivity contribution in [2.45, 2.75) is 31.0 Å². The van der Waals surface area contributed by atoms with Gasteiger partial charge in [0.1, 0.15) is 0 Å². The molecule has 4 rings (SSSR count). The Morgan fingerprint density at radius 3 is 2.25 bits per heavy atom. The Bertz CT molecular complexity index is 1250. The summed E-state index contributed by atoms with van der Waals surface area (Å²) in [5, 5.41) is 0. The number of amides is 2. The number of nitrogens with zero attached hydrogens (tertiary/aromatic N) is 2. The zero-order valence-corrected chi connectivity index (χ0v) is 19.1. The summed E-state index contributed by atoms with van der Waals surface area (Å²) in [5.74, 6) is -1.03. The highest BCUT2D eigenvalue weighted by atomic mass is 32.2. The fourth-order valence-corrected chi connectivity index (χ4v) is 5.82. The van der Waals surface area contributed by atoms with Crippen molar-refractivity contribution in [3.63, 3.8) is 0 Å². The molecule has 32 heavy (non-hydrogen) atoms. The van der Waals surface area contributed by atoms with E-state index in [-0.39, 0.29) is 35.8 Å². The number of fused-ring (bicyclic) bond motifs is 1. The molecule has 0 unspecified atom stereocenters. The molecule has 168 valence electrons. The SMILES string of the molecule is C[C@@H]1CN(S(=O)(=O)c2ccc(C(=O)NNC(=O)c3ccc4ncsc4c3)cc2)C[C@H](C)O1. The molecule has 0 bridgehead atoms. The molecule has 2 heterocycles. The second-order valence-corrected chi connectivity index (χ2v) is 10.4. The van der Waals surface area contributed by atoms with E-state index in [1.54, 1.807) is 23.7 Å². The first-order chi connectivity index (χ1) is 15.2. The quantitative estimate of drug-likeness (QED) is 0.560. The van der Waals surface area contributed by atoms with Crippen molar-refractivity contribution in [3.8, 4) is 0 Å². The average Bonchev–Trinajstić information content (AvgIpc) is 3.24. The molecular weight excluding hydrogens is 452 g/mol. The van der Waals surface area contributed by atoms with Crippen molar-refractivity contribution in [2.75, 3.05) is 13.1 Å².